The highest BCUT2D eigenvalue weighted by atomic mass is 32.1. The highest BCUT2D eigenvalue weighted by Gasteiger charge is 2.12. The minimum atomic E-state index is -0.0442. The van der Waals surface area contributed by atoms with Crippen molar-refractivity contribution >= 4 is 27.3 Å². The van der Waals surface area contributed by atoms with Crippen molar-refractivity contribution in [1.82, 2.24) is 0 Å². The van der Waals surface area contributed by atoms with E-state index in [0.717, 1.165) is 16.9 Å². The number of amidine groups is 1. The average molecular weight is 454 g/mol. The fraction of sp³-hybridized carbons (Fsp3) is 0.179. The number of rotatable bonds is 7. The van der Waals surface area contributed by atoms with Crippen molar-refractivity contribution in [3.8, 4) is 28.7 Å². The molecule has 0 saturated heterocycles. The second kappa shape index (κ2) is 10.2. The van der Waals surface area contributed by atoms with Crippen molar-refractivity contribution in [2.24, 2.45) is 16.7 Å². The molecule has 0 saturated carbocycles. The van der Waals surface area contributed by atoms with E-state index in [1.54, 1.807) is 11.3 Å². The minimum Gasteiger partial charge on any atom is -0.489 e. The van der Waals surface area contributed by atoms with Crippen molar-refractivity contribution in [2.75, 3.05) is 0 Å². The number of aryl methyl sites for hydroxylation is 1. The molecule has 0 radical (unpaired) electrons. The monoisotopic (exact) mass is 453 g/mol. The molecule has 3 aromatic carbocycles. The Morgan fingerprint density at radius 2 is 1.85 bits per heavy atom. The van der Waals surface area contributed by atoms with Gasteiger partial charge in [0.2, 0.25) is 0 Å². The summed E-state index contributed by atoms with van der Waals surface area (Å²) >= 11 is 1.78. The molecule has 0 aliphatic carbocycles. The molecular weight excluding hydrogens is 426 g/mol. The quantitative estimate of drug-likeness (QED) is 0.115. The van der Waals surface area contributed by atoms with E-state index >= 15 is 0 Å². The van der Waals surface area contributed by atoms with Crippen LogP contribution in [0.15, 0.2) is 77.2 Å². The summed E-state index contributed by atoms with van der Waals surface area (Å²) in [5, 5.41) is 7.08. The molecule has 5 heteroatoms. The first-order valence-electron chi connectivity index (χ1n) is 10.8. The molecule has 0 aliphatic rings. The van der Waals surface area contributed by atoms with Crippen molar-refractivity contribution in [3.63, 3.8) is 0 Å². The Kier molecular flexibility index (Phi) is 6.97. The molecular formula is C28H27N3OS. The number of thiophene rings is 1. The topological polar surface area (TPSA) is 73.6 Å². The number of hydrazone groups is 1. The zero-order valence-electron chi connectivity index (χ0n) is 18.8. The lowest BCUT2D eigenvalue weighted by Crippen LogP contribution is -2.17. The first kappa shape index (κ1) is 22.4. The van der Waals surface area contributed by atoms with Gasteiger partial charge in [0.25, 0.3) is 0 Å². The summed E-state index contributed by atoms with van der Waals surface area (Å²) < 4.78 is 7.36. The normalized spacial score (nSPS) is 12.2. The van der Waals surface area contributed by atoms with E-state index in [1.165, 1.54) is 26.8 Å². The molecule has 0 amide bonds. The van der Waals surface area contributed by atoms with Crippen LogP contribution in [0.2, 0.25) is 0 Å². The van der Waals surface area contributed by atoms with Gasteiger partial charge in [0.1, 0.15) is 18.2 Å². The second-order valence-electron chi connectivity index (χ2n) is 7.92. The first-order chi connectivity index (χ1) is 16.1. The van der Waals surface area contributed by atoms with E-state index in [2.05, 4.69) is 71.7 Å². The molecule has 1 unspecified atom stereocenters. The van der Waals surface area contributed by atoms with Gasteiger partial charge in [-0.15, -0.1) is 17.3 Å². The van der Waals surface area contributed by atoms with Crippen LogP contribution in [-0.2, 0) is 6.61 Å². The van der Waals surface area contributed by atoms with Crippen LogP contribution in [0, 0.1) is 18.8 Å². The minimum absolute atomic E-state index is 0.0442. The van der Waals surface area contributed by atoms with Gasteiger partial charge in [-0.3, -0.25) is 0 Å². The lowest BCUT2D eigenvalue weighted by Gasteiger charge is -2.12. The first-order valence-corrected chi connectivity index (χ1v) is 11.7. The van der Waals surface area contributed by atoms with E-state index in [4.69, 9.17) is 16.3 Å². The number of nitrogens with two attached hydrogens (primary N) is 2. The van der Waals surface area contributed by atoms with Crippen molar-refractivity contribution in [2.45, 2.75) is 32.8 Å². The Morgan fingerprint density at radius 3 is 2.58 bits per heavy atom. The maximum atomic E-state index is 6.08. The maximum absolute atomic E-state index is 6.08. The molecule has 0 spiro atoms. The summed E-state index contributed by atoms with van der Waals surface area (Å²) in [6, 6.07) is 23.1. The molecule has 1 atom stereocenters. The van der Waals surface area contributed by atoms with Crippen LogP contribution < -0.4 is 16.3 Å². The standard InChI is InChI=1S/C28H27N3OS/c1-3-6-22(16-28(29)31-30)21-10-12-23(13-11-21)32-17-20-9-14-27-25(15-20)26(18-33-27)24-8-5-4-7-19(24)2/h4-5,7-15,18,22H,16-17,30H2,1-2H3,(H2,29,31). The van der Waals surface area contributed by atoms with Gasteiger partial charge in [-0.1, -0.05) is 48.4 Å². The Balaban J connectivity index is 1.50. The summed E-state index contributed by atoms with van der Waals surface area (Å²) in [5.41, 5.74) is 11.8. The van der Waals surface area contributed by atoms with Gasteiger partial charge in [-0.25, -0.2) is 0 Å². The largest absolute Gasteiger partial charge is 0.489 e. The van der Waals surface area contributed by atoms with Crippen LogP contribution in [0.1, 0.15) is 36.0 Å². The van der Waals surface area contributed by atoms with Gasteiger partial charge in [-0.2, -0.15) is 5.10 Å². The van der Waals surface area contributed by atoms with Crippen LogP contribution in [0.3, 0.4) is 0 Å². The molecule has 166 valence electrons. The molecule has 0 aliphatic heterocycles. The van der Waals surface area contributed by atoms with Gasteiger partial charge in [0, 0.05) is 22.1 Å². The molecule has 1 aromatic heterocycles. The average Bonchev–Trinajstić information content (AvgIpc) is 3.26. The number of hydrogen-bond acceptors (Lipinski definition) is 4. The zero-order valence-corrected chi connectivity index (χ0v) is 19.7. The smallest absolute Gasteiger partial charge is 0.120 e. The van der Waals surface area contributed by atoms with E-state index in [1.807, 2.05) is 31.2 Å². The third kappa shape index (κ3) is 5.19. The van der Waals surface area contributed by atoms with Crippen molar-refractivity contribution in [3.05, 3.63) is 88.8 Å². The van der Waals surface area contributed by atoms with E-state index in [-0.39, 0.29) is 5.92 Å². The number of ether oxygens (including phenoxy) is 1. The third-order valence-corrected chi connectivity index (χ3v) is 6.62. The fourth-order valence-corrected chi connectivity index (χ4v) is 4.84. The van der Waals surface area contributed by atoms with Crippen molar-refractivity contribution in [1.29, 1.82) is 0 Å². The predicted molar refractivity (Wildman–Crippen MR) is 139 cm³/mol. The lowest BCUT2D eigenvalue weighted by molar-refractivity contribution is 0.306. The molecule has 0 bridgehead atoms. The Morgan fingerprint density at radius 1 is 1.06 bits per heavy atom. The fourth-order valence-electron chi connectivity index (χ4n) is 3.90. The molecule has 1 heterocycles. The summed E-state index contributed by atoms with van der Waals surface area (Å²) in [5.74, 6) is 12.6. The number of fused-ring (bicyclic) bond motifs is 1. The van der Waals surface area contributed by atoms with Gasteiger partial charge in [0.15, 0.2) is 0 Å². The lowest BCUT2D eigenvalue weighted by atomic mass is 9.95. The SMILES string of the molecule is CC#CC(C/C(N)=N/N)c1ccc(OCc2ccc3scc(-c4ccccc4C)c3c2)cc1. The number of hydrogen-bond donors (Lipinski definition) is 2. The number of benzene rings is 3. The third-order valence-electron chi connectivity index (χ3n) is 5.66. The van der Waals surface area contributed by atoms with Gasteiger partial charge < -0.3 is 16.3 Å². The van der Waals surface area contributed by atoms with Crippen molar-refractivity contribution < 1.29 is 4.74 Å². The highest BCUT2D eigenvalue weighted by molar-refractivity contribution is 7.17. The molecule has 4 aromatic rings. The highest BCUT2D eigenvalue weighted by Crippen LogP contribution is 2.36. The summed E-state index contributed by atoms with van der Waals surface area (Å²) in [4.78, 5) is 0. The summed E-state index contributed by atoms with van der Waals surface area (Å²) in [6.07, 6.45) is 0.501. The Labute approximate surface area is 198 Å². The van der Waals surface area contributed by atoms with Gasteiger partial charge in [-0.05, 0) is 65.7 Å². The molecule has 4 N–H and O–H groups in total. The molecule has 33 heavy (non-hydrogen) atoms. The van der Waals surface area contributed by atoms with Crippen LogP contribution in [0.25, 0.3) is 21.2 Å². The molecule has 4 rings (SSSR count). The Bertz CT molecular complexity index is 1340. The van der Waals surface area contributed by atoms with E-state index < -0.39 is 0 Å². The van der Waals surface area contributed by atoms with E-state index in [0.29, 0.717) is 18.9 Å². The van der Waals surface area contributed by atoms with Gasteiger partial charge >= 0.3 is 0 Å². The van der Waals surface area contributed by atoms with Crippen LogP contribution in [0.5, 0.6) is 5.75 Å². The maximum Gasteiger partial charge on any atom is 0.120 e. The molecule has 0 fully saturated rings. The van der Waals surface area contributed by atoms with Crippen LogP contribution in [0.4, 0.5) is 0 Å². The second-order valence-corrected chi connectivity index (χ2v) is 8.84. The zero-order chi connectivity index (χ0) is 23.2. The summed E-state index contributed by atoms with van der Waals surface area (Å²) in [7, 11) is 0. The predicted octanol–water partition coefficient (Wildman–Crippen LogP) is 6.18. The summed E-state index contributed by atoms with van der Waals surface area (Å²) in [6.45, 7) is 4.47. The number of nitrogens with zero attached hydrogens (tertiary/aromatic N) is 1. The van der Waals surface area contributed by atoms with Gasteiger partial charge in [0.05, 0.1) is 5.92 Å². The van der Waals surface area contributed by atoms with E-state index in [9.17, 15) is 0 Å². The molecule has 4 nitrogen and oxygen atoms in total. The van der Waals surface area contributed by atoms with Crippen LogP contribution >= 0.6 is 11.3 Å². The van der Waals surface area contributed by atoms with Crippen LogP contribution in [-0.4, -0.2) is 5.84 Å². The Hall–Kier alpha value is -3.75.